The molecular formula is C13H18ClNO2. The number of rotatable bonds is 6. The molecule has 0 aromatic heterocycles. The van der Waals surface area contributed by atoms with Gasteiger partial charge in [0.15, 0.2) is 0 Å². The Hall–Kier alpha value is -0.770. The molecule has 1 aromatic rings. The first kappa shape index (κ1) is 12.7. The van der Waals surface area contributed by atoms with E-state index >= 15 is 0 Å². The lowest BCUT2D eigenvalue weighted by molar-refractivity contribution is 0.128. The highest BCUT2D eigenvalue weighted by Gasteiger charge is 2.21. The summed E-state index contributed by atoms with van der Waals surface area (Å²) in [4.78, 5) is 0. The Balaban J connectivity index is 2.08. The molecule has 94 valence electrons. The molecule has 1 atom stereocenters. The summed E-state index contributed by atoms with van der Waals surface area (Å²) in [6, 6.07) is 6.38. The molecule has 1 fully saturated rings. The molecule has 17 heavy (non-hydrogen) atoms. The van der Waals surface area contributed by atoms with E-state index in [1.807, 2.05) is 25.1 Å². The highest BCUT2D eigenvalue weighted by atomic mass is 35.5. The van der Waals surface area contributed by atoms with Gasteiger partial charge in [-0.3, -0.25) is 0 Å². The van der Waals surface area contributed by atoms with E-state index in [1.165, 1.54) is 12.8 Å². The molecule has 1 saturated carbocycles. The van der Waals surface area contributed by atoms with E-state index < -0.39 is 0 Å². The third-order valence-corrected chi connectivity index (χ3v) is 3.08. The molecule has 0 aliphatic heterocycles. The standard InChI is InChI=1S/C13H18ClNO2/c1-9(8-16)17-13-10(3-2-4-12(13)14)7-15-11-5-6-11/h2-4,9,11,15-16H,5-8H2,1H3. The lowest BCUT2D eigenvalue weighted by atomic mass is 10.2. The van der Waals surface area contributed by atoms with Crippen LogP contribution < -0.4 is 10.1 Å². The Kier molecular flexibility index (Phi) is 4.26. The average Bonchev–Trinajstić information content (AvgIpc) is 3.13. The second kappa shape index (κ2) is 5.71. The van der Waals surface area contributed by atoms with Gasteiger partial charge in [0.25, 0.3) is 0 Å². The fourth-order valence-electron chi connectivity index (χ4n) is 1.60. The van der Waals surface area contributed by atoms with Crippen molar-refractivity contribution in [3.63, 3.8) is 0 Å². The Morgan fingerprint density at radius 1 is 1.53 bits per heavy atom. The van der Waals surface area contributed by atoms with Crippen LogP contribution in [0.15, 0.2) is 18.2 Å². The molecule has 0 bridgehead atoms. The summed E-state index contributed by atoms with van der Waals surface area (Å²) in [6.07, 6.45) is 2.27. The number of hydrogen-bond donors (Lipinski definition) is 2. The van der Waals surface area contributed by atoms with Crippen molar-refractivity contribution < 1.29 is 9.84 Å². The molecule has 0 amide bonds. The Labute approximate surface area is 107 Å². The van der Waals surface area contributed by atoms with Gasteiger partial charge in [-0.1, -0.05) is 23.7 Å². The van der Waals surface area contributed by atoms with Crippen molar-refractivity contribution in [2.75, 3.05) is 6.61 Å². The first-order chi connectivity index (χ1) is 8.20. The number of aliphatic hydroxyl groups is 1. The first-order valence-electron chi connectivity index (χ1n) is 5.99. The molecule has 1 aromatic carbocycles. The molecule has 3 nitrogen and oxygen atoms in total. The van der Waals surface area contributed by atoms with E-state index in [4.69, 9.17) is 21.4 Å². The molecule has 2 N–H and O–H groups in total. The maximum Gasteiger partial charge on any atom is 0.142 e. The summed E-state index contributed by atoms with van der Waals surface area (Å²) in [5.74, 6) is 0.684. The number of hydrogen-bond acceptors (Lipinski definition) is 3. The molecule has 0 spiro atoms. The SMILES string of the molecule is CC(CO)Oc1c(Cl)cccc1CNC1CC1. The van der Waals surface area contributed by atoms with Gasteiger partial charge in [-0.2, -0.15) is 0 Å². The van der Waals surface area contributed by atoms with Crippen LogP contribution in [-0.2, 0) is 6.54 Å². The molecule has 1 aliphatic rings. The van der Waals surface area contributed by atoms with Crippen LogP contribution in [0, 0.1) is 0 Å². The van der Waals surface area contributed by atoms with E-state index in [0.717, 1.165) is 12.1 Å². The van der Waals surface area contributed by atoms with Gasteiger partial charge >= 0.3 is 0 Å². The highest BCUT2D eigenvalue weighted by molar-refractivity contribution is 6.32. The van der Waals surface area contributed by atoms with Gasteiger partial charge in [0.05, 0.1) is 11.6 Å². The number of ether oxygens (including phenoxy) is 1. The topological polar surface area (TPSA) is 41.5 Å². The lowest BCUT2D eigenvalue weighted by Gasteiger charge is -2.17. The van der Waals surface area contributed by atoms with Crippen LogP contribution in [0.4, 0.5) is 0 Å². The van der Waals surface area contributed by atoms with Crippen LogP contribution in [-0.4, -0.2) is 23.9 Å². The van der Waals surface area contributed by atoms with Gasteiger partial charge in [0, 0.05) is 18.2 Å². The van der Waals surface area contributed by atoms with Gasteiger partial charge in [-0.15, -0.1) is 0 Å². The van der Waals surface area contributed by atoms with Crippen LogP contribution in [0.3, 0.4) is 0 Å². The number of halogens is 1. The fourth-order valence-corrected chi connectivity index (χ4v) is 1.84. The summed E-state index contributed by atoms with van der Waals surface area (Å²) < 4.78 is 5.66. The van der Waals surface area contributed by atoms with Gasteiger partial charge < -0.3 is 15.2 Å². The van der Waals surface area contributed by atoms with Gasteiger partial charge in [0.2, 0.25) is 0 Å². The van der Waals surface area contributed by atoms with Gasteiger partial charge in [0.1, 0.15) is 11.9 Å². The molecule has 1 unspecified atom stereocenters. The minimum Gasteiger partial charge on any atom is -0.486 e. The third-order valence-electron chi connectivity index (χ3n) is 2.78. The van der Waals surface area contributed by atoms with E-state index in [0.29, 0.717) is 16.8 Å². The summed E-state index contributed by atoms with van der Waals surface area (Å²) >= 11 is 6.13. The Morgan fingerprint density at radius 2 is 2.29 bits per heavy atom. The van der Waals surface area contributed by atoms with E-state index in [9.17, 15) is 0 Å². The number of benzene rings is 1. The zero-order chi connectivity index (χ0) is 12.3. The maximum absolute atomic E-state index is 9.02. The normalized spacial score (nSPS) is 16.9. The minimum absolute atomic E-state index is 0.0132. The predicted molar refractivity (Wildman–Crippen MR) is 68.5 cm³/mol. The number of para-hydroxylation sites is 1. The van der Waals surface area contributed by atoms with Gasteiger partial charge in [-0.05, 0) is 25.8 Å². The summed E-state index contributed by atoms with van der Waals surface area (Å²) in [6.45, 7) is 2.57. The van der Waals surface area contributed by atoms with Gasteiger partial charge in [-0.25, -0.2) is 0 Å². The van der Waals surface area contributed by atoms with Crippen molar-refractivity contribution in [3.8, 4) is 5.75 Å². The van der Waals surface area contributed by atoms with Crippen LogP contribution in [0.1, 0.15) is 25.3 Å². The highest BCUT2D eigenvalue weighted by Crippen LogP contribution is 2.30. The molecule has 2 rings (SSSR count). The van der Waals surface area contributed by atoms with Crippen molar-refractivity contribution in [1.29, 1.82) is 0 Å². The van der Waals surface area contributed by atoms with Crippen molar-refractivity contribution >= 4 is 11.6 Å². The van der Waals surface area contributed by atoms with Crippen molar-refractivity contribution in [1.82, 2.24) is 5.32 Å². The zero-order valence-electron chi connectivity index (χ0n) is 9.95. The quantitative estimate of drug-likeness (QED) is 0.820. The molecule has 0 saturated heterocycles. The second-order valence-corrected chi connectivity index (χ2v) is 4.90. The van der Waals surface area contributed by atoms with Crippen molar-refractivity contribution in [2.24, 2.45) is 0 Å². The monoisotopic (exact) mass is 255 g/mol. The van der Waals surface area contributed by atoms with E-state index in [-0.39, 0.29) is 12.7 Å². The fraction of sp³-hybridized carbons (Fsp3) is 0.538. The molecule has 0 radical (unpaired) electrons. The van der Waals surface area contributed by atoms with E-state index in [2.05, 4.69) is 5.32 Å². The predicted octanol–water partition coefficient (Wildman–Crippen LogP) is 2.35. The van der Waals surface area contributed by atoms with Crippen LogP contribution in [0.25, 0.3) is 0 Å². The maximum atomic E-state index is 9.02. The van der Waals surface area contributed by atoms with Crippen LogP contribution in [0.5, 0.6) is 5.75 Å². The second-order valence-electron chi connectivity index (χ2n) is 4.49. The number of aliphatic hydroxyl groups excluding tert-OH is 1. The average molecular weight is 256 g/mol. The van der Waals surface area contributed by atoms with Crippen molar-refractivity contribution in [3.05, 3.63) is 28.8 Å². The molecular weight excluding hydrogens is 238 g/mol. The van der Waals surface area contributed by atoms with Crippen molar-refractivity contribution in [2.45, 2.75) is 38.5 Å². The van der Waals surface area contributed by atoms with Crippen LogP contribution in [0.2, 0.25) is 5.02 Å². The lowest BCUT2D eigenvalue weighted by Crippen LogP contribution is -2.20. The molecule has 1 aliphatic carbocycles. The van der Waals surface area contributed by atoms with Crippen LogP contribution >= 0.6 is 11.6 Å². The largest absolute Gasteiger partial charge is 0.486 e. The Morgan fingerprint density at radius 3 is 2.94 bits per heavy atom. The summed E-state index contributed by atoms with van der Waals surface area (Å²) in [7, 11) is 0. The molecule has 4 heteroatoms. The minimum atomic E-state index is -0.241. The summed E-state index contributed by atoms with van der Waals surface area (Å²) in [5.41, 5.74) is 1.05. The first-order valence-corrected chi connectivity index (χ1v) is 6.36. The van der Waals surface area contributed by atoms with E-state index in [1.54, 1.807) is 0 Å². The third kappa shape index (κ3) is 3.60. The zero-order valence-corrected chi connectivity index (χ0v) is 10.7. The molecule has 0 heterocycles. The summed E-state index contributed by atoms with van der Waals surface area (Å²) in [5, 5.41) is 13.1. The smallest absolute Gasteiger partial charge is 0.142 e. The Bertz CT molecular complexity index is 380. The number of nitrogens with one attached hydrogen (secondary N) is 1.